The number of nitrogens with zero attached hydrogens (tertiary/aromatic N) is 1. The van der Waals surface area contributed by atoms with E-state index in [4.69, 9.17) is 14.2 Å². The number of hydrogen-bond donors (Lipinski definition) is 1. The molecule has 2 fully saturated rings. The molecule has 2 aliphatic carbocycles. The molecule has 0 unspecified atom stereocenters. The Balaban J connectivity index is 1.43. The summed E-state index contributed by atoms with van der Waals surface area (Å²) in [4.78, 5) is 12.8. The van der Waals surface area contributed by atoms with Crippen molar-refractivity contribution in [3.63, 3.8) is 0 Å². The first-order valence-electron chi connectivity index (χ1n) is 13.5. The Morgan fingerprint density at radius 3 is 2.24 bits per heavy atom. The van der Waals surface area contributed by atoms with Gasteiger partial charge in [0.15, 0.2) is 0 Å². The molecule has 4 aromatic rings. The Labute approximate surface area is 222 Å². The molecule has 1 N–H and O–H groups in total. The molecule has 2 aliphatic rings. The van der Waals surface area contributed by atoms with Gasteiger partial charge in [-0.3, -0.25) is 0 Å². The van der Waals surface area contributed by atoms with Gasteiger partial charge in [-0.05, 0) is 91.1 Å². The second kappa shape index (κ2) is 10.4. The van der Waals surface area contributed by atoms with Crippen molar-refractivity contribution < 1.29 is 24.1 Å². The summed E-state index contributed by atoms with van der Waals surface area (Å²) in [7, 11) is 1.63. The van der Waals surface area contributed by atoms with Crippen LogP contribution in [0.25, 0.3) is 22.0 Å². The average molecular weight is 512 g/mol. The molecule has 1 heterocycles. The summed E-state index contributed by atoms with van der Waals surface area (Å²) in [5.74, 6) is 2.63. The van der Waals surface area contributed by atoms with Gasteiger partial charge in [0.25, 0.3) is 0 Å². The first kappa shape index (κ1) is 24.4. The Bertz CT molecular complexity index is 1450. The topological polar surface area (TPSA) is 69.9 Å². The van der Waals surface area contributed by atoms with Crippen LogP contribution in [0.5, 0.6) is 17.2 Å². The lowest BCUT2D eigenvalue weighted by molar-refractivity contribution is 0.0687. The number of aromatic nitrogens is 1. The highest BCUT2D eigenvalue weighted by atomic mass is 16.5. The predicted octanol–water partition coefficient (Wildman–Crippen LogP) is 7.03. The minimum absolute atomic E-state index is 0.255. The maximum atomic E-state index is 12.8. The molecule has 0 atom stereocenters. The van der Waals surface area contributed by atoms with Gasteiger partial charge < -0.3 is 23.9 Å². The Kier molecular flexibility index (Phi) is 6.71. The number of carboxylic acids is 1. The fourth-order valence-electron chi connectivity index (χ4n) is 5.15. The maximum Gasteiger partial charge on any atom is 0.353 e. The molecule has 0 saturated heterocycles. The zero-order valence-electron chi connectivity index (χ0n) is 21.7. The highest BCUT2D eigenvalue weighted by molar-refractivity contribution is 6.08. The van der Waals surface area contributed by atoms with Crippen molar-refractivity contribution in [2.24, 2.45) is 11.8 Å². The summed E-state index contributed by atoms with van der Waals surface area (Å²) < 4.78 is 19.4. The minimum atomic E-state index is -0.968. The van der Waals surface area contributed by atoms with E-state index < -0.39 is 5.97 Å². The van der Waals surface area contributed by atoms with Gasteiger partial charge in [0, 0.05) is 23.0 Å². The van der Waals surface area contributed by atoms with Gasteiger partial charge in [0.2, 0.25) is 0 Å². The van der Waals surface area contributed by atoms with Gasteiger partial charge in [-0.25, -0.2) is 4.79 Å². The molecule has 6 heteroatoms. The summed E-state index contributed by atoms with van der Waals surface area (Å²) in [6.45, 7) is 1.84. The van der Waals surface area contributed by atoms with Crippen LogP contribution in [0.2, 0.25) is 0 Å². The van der Waals surface area contributed by atoms with Crippen LogP contribution in [0.4, 0.5) is 0 Å². The fourth-order valence-corrected chi connectivity index (χ4v) is 5.15. The van der Waals surface area contributed by atoms with Gasteiger partial charge in [-0.1, -0.05) is 30.7 Å². The van der Waals surface area contributed by atoms with Gasteiger partial charge >= 0.3 is 5.97 Å². The number of aromatic carboxylic acids is 1. The SMILES string of the molecule is COc1cccc(Cn2c(C(=O)O)c(-c3ccc(OCC4CC4)cc3)c3cc(OCC4CCC4)ccc32)c1. The number of fused-ring (bicyclic) bond motifs is 1. The number of carboxylic acid groups (broad SMARTS) is 1. The second-order valence-electron chi connectivity index (χ2n) is 10.5. The number of hydrogen-bond acceptors (Lipinski definition) is 4. The van der Waals surface area contributed by atoms with Crippen LogP contribution in [0.1, 0.15) is 48.2 Å². The monoisotopic (exact) mass is 511 g/mol. The summed E-state index contributed by atoms with van der Waals surface area (Å²) in [5, 5.41) is 11.3. The number of ether oxygens (including phenoxy) is 3. The fraction of sp³-hybridized carbons (Fsp3) is 0.344. The quantitative estimate of drug-likeness (QED) is 0.234. The van der Waals surface area contributed by atoms with Crippen LogP contribution in [-0.2, 0) is 6.54 Å². The summed E-state index contributed by atoms with van der Waals surface area (Å²) >= 11 is 0. The van der Waals surface area contributed by atoms with Crippen LogP contribution in [0, 0.1) is 11.8 Å². The van der Waals surface area contributed by atoms with Crippen molar-refractivity contribution in [3.05, 3.63) is 78.0 Å². The third kappa shape index (κ3) is 5.08. The van der Waals surface area contributed by atoms with Crippen LogP contribution in [0.15, 0.2) is 66.7 Å². The second-order valence-corrected chi connectivity index (χ2v) is 10.5. The molecule has 1 aromatic heterocycles. The van der Waals surface area contributed by atoms with Crippen molar-refractivity contribution in [1.29, 1.82) is 0 Å². The van der Waals surface area contributed by atoms with Crippen molar-refractivity contribution in [3.8, 4) is 28.4 Å². The van der Waals surface area contributed by atoms with E-state index >= 15 is 0 Å². The summed E-state index contributed by atoms with van der Waals surface area (Å²) in [6.07, 6.45) is 6.16. The zero-order chi connectivity index (χ0) is 26.1. The molecule has 0 spiro atoms. The van der Waals surface area contributed by atoms with E-state index in [-0.39, 0.29) is 5.69 Å². The molecule has 2 saturated carbocycles. The molecular weight excluding hydrogens is 478 g/mol. The standard InChI is InChI=1S/C32H33NO5/c1-36-26-7-3-6-23(16-26)18-33-29-15-14-27(38-19-21-4-2-5-21)17-28(29)30(31(33)32(34)35)24-10-12-25(13-11-24)37-20-22-8-9-22/h3,6-7,10-17,21-22H,2,4-5,8-9,18-20H2,1H3,(H,34,35). The van der Waals surface area contributed by atoms with E-state index in [1.807, 2.05) is 71.3 Å². The van der Waals surface area contributed by atoms with E-state index in [1.165, 1.54) is 32.1 Å². The number of methoxy groups -OCH3 is 1. The van der Waals surface area contributed by atoms with Crippen LogP contribution in [0.3, 0.4) is 0 Å². The van der Waals surface area contributed by atoms with Crippen LogP contribution >= 0.6 is 0 Å². The molecule has 0 amide bonds. The summed E-state index contributed by atoms with van der Waals surface area (Å²) in [5.41, 5.74) is 3.60. The molecule has 196 valence electrons. The molecule has 3 aromatic carbocycles. The predicted molar refractivity (Wildman–Crippen MR) is 147 cm³/mol. The summed E-state index contributed by atoms with van der Waals surface area (Å²) in [6, 6.07) is 21.5. The third-order valence-corrected chi connectivity index (χ3v) is 7.75. The van der Waals surface area contributed by atoms with Crippen molar-refractivity contribution in [2.45, 2.75) is 38.6 Å². The Hall–Kier alpha value is -3.93. The molecule has 0 aliphatic heterocycles. The van der Waals surface area contributed by atoms with Gasteiger partial charge in [-0.2, -0.15) is 0 Å². The van der Waals surface area contributed by atoms with Crippen molar-refractivity contribution >= 4 is 16.9 Å². The van der Waals surface area contributed by atoms with Gasteiger partial charge in [0.05, 0.1) is 20.3 Å². The Morgan fingerprint density at radius 1 is 0.868 bits per heavy atom. The van der Waals surface area contributed by atoms with E-state index in [9.17, 15) is 9.90 Å². The average Bonchev–Trinajstić information content (AvgIpc) is 3.68. The minimum Gasteiger partial charge on any atom is -0.497 e. The normalized spacial score (nSPS) is 15.3. The smallest absolute Gasteiger partial charge is 0.353 e. The largest absolute Gasteiger partial charge is 0.497 e. The highest BCUT2D eigenvalue weighted by Crippen LogP contribution is 2.39. The maximum absolute atomic E-state index is 12.8. The van der Waals surface area contributed by atoms with Gasteiger partial charge in [-0.15, -0.1) is 0 Å². The first-order chi connectivity index (χ1) is 18.6. The van der Waals surface area contributed by atoms with Gasteiger partial charge in [0.1, 0.15) is 22.9 Å². The molecule has 0 radical (unpaired) electrons. The van der Waals surface area contributed by atoms with E-state index in [0.717, 1.165) is 45.9 Å². The number of carbonyl (C=O) groups is 1. The Morgan fingerprint density at radius 2 is 1.58 bits per heavy atom. The molecule has 38 heavy (non-hydrogen) atoms. The highest BCUT2D eigenvalue weighted by Gasteiger charge is 2.26. The number of benzene rings is 3. The van der Waals surface area contributed by atoms with Crippen LogP contribution < -0.4 is 14.2 Å². The first-order valence-corrected chi connectivity index (χ1v) is 13.5. The lowest BCUT2D eigenvalue weighted by atomic mass is 9.86. The van der Waals surface area contributed by atoms with E-state index in [0.29, 0.717) is 30.6 Å². The number of rotatable bonds is 11. The molecule has 0 bridgehead atoms. The molecule has 6 nitrogen and oxygen atoms in total. The van der Waals surface area contributed by atoms with Crippen LogP contribution in [-0.4, -0.2) is 36.0 Å². The molecule has 6 rings (SSSR count). The lowest BCUT2D eigenvalue weighted by Crippen LogP contribution is -2.19. The zero-order valence-corrected chi connectivity index (χ0v) is 21.7. The van der Waals surface area contributed by atoms with E-state index in [1.54, 1.807) is 7.11 Å². The van der Waals surface area contributed by atoms with Crippen molar-refractivity contribution in [2.75, 3.05) is 20.3 Å². The van der Waals surface area contributed by atoms with Crippen molar-refractivity contribution in [1.82, 2.24) is 4.57 Å². The lowest BCUT2D eigenvalue weighted by Gasteiger charge is -2.25. The third-order valence-electron chi connectivity index (χ3n) is 7.75. The molecular formula is C32H33NO5. The van der Waals surface area contributed by atoms with E-state index in [2.05, 4.69) is 0 Å².